The molecule has 5 nitrogen and oxygen atoms in total. The topological polar surface area (TPSA) is 86.6 Å². The number of carbonyl (C=O) groups excluding carboxylic acids is 1. The van der Waals surface area contributed by atoms with Gasteiger partial charge in [0.15, 0.2) is 0 Å². The predicted octanol–water partition coefficient (Wildman–Crippen LogP) is 1.62. The van der Waals surface area contributed by atoms with E-state index in [1.807, 2.05) is 0 Å². The van der Waals surface area contributed by atoms with Gasteiger partial charge in [-0.3, -0.25) is 4.79 Å². The van der Waals surface area contributed by atoms with Crippen LogP contribution in [0.5, 0.6) is 5.75 Å². The van der Waals surface area contributed by atoms with Gasteiger partial charge in [-0.05, 0) is 23.6 Å². The Morgan fingerprint density at radius 2 is 1.89 bits per heavy atom. The smallest absolute Gasteiger partial charge is 0.326 e. The van der Waals surface area contributed by atoms with E-state index in [0.717, 1.165) is 0 Å². The minimum Gasteiger partial charge on any atom is -0.508 e. The Labute approximate surface area is 105 Å². The lowest BCUT2D eigenvalue weighted by Crippen LogP contribution is -2.49. The zero-order valence-corrected chi connectivity index (χ0v) is 10.6. The molecule has 1 amide bonds. The summed E-state index contributed by atoms with van der Waals surface area (Å²) in [6.45, 7) is 5.19. The molecule has 0 radical (unpaired) electrons. The van der Waals surface area contributed by atoms with Gasteiger partial charge in [0.2, 0.25) is 0 Å². The molecule has 0 aliphatic heterocycles. The Morgan fingerprint density at radius 1 is 1.28 bits per heavy atom. The molecule has 0 aromatic heterocycles. The Balaban J connectivity index is 2.89. The summed E-state index contributed by atoms with van der Waals surface area (Å²) in [6, 6.07) is 4.77. The van der Waals surface area contributed by atoms with Gasteiger partial charge >= 0.3 is 5.97 Å². The number of amides is 1. The van der Waals surface area contributed by atoms with Gasteiger partial charge in [0.05, 0.1) is 0 Å². The molecule has 0 aliphatic carbocycles. The van der Waals surface area contributed by atoms with Gasteiger partial charge < -0.3 is 15.5 Å². The summed E-state index contributed by atoms with van der Waals surface area (Å²) in [7, 11) is 0. The first-order valence-electron chi connectivity index (χ1n) is 5.54. The van der Waals surface area contributed by atoms with Crippen LogP contribution in [0.2, 0.25) is 0 Å². The van der Waals surface area contributed by atoms with Crippen LogP contribution < -0.4 is 5.32 Å². The first kappa shape index (κ1) is 14.0. The molecule has 18 heavy (non-hydrogen) atoms. The first-order chi connectivity index (χ1) is 8.21. The number of phenols is 1. The molecular formula is C13H17NO4. The van der Waals surface area contributed by atoms with Crippen molar-refractivity contribution in [3.63, 3.8) is 0 Å². The Kier molecular flexibility index (Phi) is 3.96. The highest BCUT2D eigenvalue weighted by molar-refractivity contribution is 5.97. The van der Waals surface area contributed by atoms with E-state index in [0.29, 0.717) is 0 Å². The van der Waals surface area contributed by atoms with Gasteiger partial charge in [0.25, 0.3) is 5.91 Å². The van der Waals surface area contributed by atoms with Crippen LogP contribution in [-0.2, 0) is 4.79 Å². The van der Waals surface area contributed by atoms with Gasteiger partial charge in [-0.2, -0.15) is 0 Å². The summed E-state index contributed by atoms with van der Waals surface area (Å²) >= 11 is 0. The molecule has 98 valence electrons. The summed E-state index contributed by atoms with van der Waals surface area (Å²) in [4.78, 5) is 23.0. The van der Waals surface area contributed by atoms with Crippen molar-refractivity contribution in [2.75, 3.05) is 0 Å². The number of hydrogen-bond donors (Lipinski definition) is 3. The number of aliphatic carboxylic acids is 1. The fraction of sp³-hybridized carbons (Fsp3) is 0.385. The summed E-state index contributed by atoms with van der Waals surface area (Å²) in [5.41, 5.74) is -0.372. The maximum Gasteiger partial charge on any atom is 0.326 e. The number of benzene rings is 1. The summed E-state index contributed by atoms with van der Waals surface area (Å²) in [5, 5.41) is 20.8. The fourth-order valence-electron chi connectivity index (χ4n) is 1.51. The van der Waals surface area contributed by atoms with Gasteiger partial charge in [-0.25, -0.2) is 4.79 Å². The lowest BCUT2D eigenvalue weighted by Gasteiger charge is -2.27. The number of phenolic OH excluding ortho intramolecular Hbond substituents is 1. The Bertz CT molecular complexity index is 462. The lowest BCUT2D eigenvalue weighted by atomic mass is 9.86. The molecule has 0 bridgehead atoms. The normalized spacial score (nSPS) is 12.8. The third kappa shape index (κ3) is 3.48. The van der Waals surface area contributed by atoms with E-state index in [-0.39, 0.29) is 11.3 Å². The largest absolute Gasteiger partial charge is 0.508 e. The second-order valence-corrected chi connectivity index (χ2v) is 5.16. The second kappa shape index (κ2) is 5.08. The highest BCUT2D eigenvalue weighted by atomic mass is 16.4. The number of carbonyl (C=O) groups is 2. The summed E-state index contributed by atoms with van der Waals surface area (Å²) < 4.78 is 0. The average Bonchev–Trinajstić information content (AvgIpc) is 2.23. The molecule has 5 heteroatoms. The minimum absolute atomic E-state index is 0.0368. The zero-order chi connectivity index (χ0) is 13.9. The van der Waals surface area contributed by atoms with E-state index < -0.39 is 23.3 Å². The van der Waals surface area contributed by atoms with E-state index in [9.17, 15) is 14.7 Å². The van der Waals surface area contributed by atoms with Crippen molar-refractivity contribution >= 4 is 11.9 Å². The molecule has 0 heterocycles. The van der Waals surface area contributed by atoms with Crippen molar-refractivity contribution in [3.8, 4) is 5.75 Å². The van der Waals surface area contributed by atoms with Crippen molar-refractivity contribution < 1.29 is 19.8 Å². The monoisotopic (exact) mass is 251 g/mol. The average molecular weight is 251 g/mol. The van der Waals surface area contributed by atoms with E-state index in [2.05, 4.69) is 5.32 Å². The van der Waals surface area contributed by atoms with E-state index in [1.54, 1.807) is 20.8 Å². The van der Waals surface area contributed by atoms with E-state index in [1.165, 1.54) is 24.3 Å². The third-order valence-corrected chi connectivity index (χ3v) is 2.50. The number of aromatic hydroxyl groups is 1. The number of rotatable bonds is 3. The molecular weight excluding hydrogens is 234 g/mol. The van der Waals surface area contributed by atoms with Gasteiger partial charge in [-0.15, -0.1) is 0 Å². The van der Waals surface area contributed by atoms with E-state index in [4.69, 9.17) is 5.11 Å². The number of carboxylic acids is 1. The summed E-state index contributed by atoms with van der Waals surface area (Å²) in [5.74, 6) is -1.64. The molecule has 1 atom stereocenters. The quantitative estimate of drug-likeness (QED) is 0.762. The van der Waals surface area contributed by atoms with Crippen molar-refractivity contribution in [1.82, 2.24) is 5.32 Å². The molecule has 0 saturated carbocycles. The number of nitrogens with one attached hydrogen (secondary N) is 1. The highest BCUT2D eigenvalue weighted by Crippen LogP contribution is 2.20. The van der Waals surface area contributed by atoms with Crippen LogP contribution in [0.1, 0.15) is 31.1 Å². The van der Waals surface area contributed by atoms with Crippen LogP contribution >= 0.6 is 0 Å². The first-order valence-corrected chi connectivity index (χ1v) is 5.54. The van der Waals surface area contributed by atoms with Crippen LogP contribution in [0.3, 0.4) is 0 Å². The van der Waals surface area contributed by atoms with Crippen LogP contribution in [0.25, 0.3) is 0 Å². The summed E-state index contributed by atoms with van der Waals surface area (Å²) in [6.07, 6.45) is 0. The number of carboxylic acid groups (broad SMARTS) is 1. The predicted molar refractivity (Wildman–Crippen MR) is 66.5 cm³/mol. The van der Waals surface area contributed by atoms with Crippen LogP contribution in [-0.4, -0.2) is 28.1 Å². The van der Waals surface area contributed by atoms with Gasteiger partial charge in [0, 0.05) is 5.56 Å². The molecule has 0 spiro atoms. The molecule has 0 unspecified atom stereocenters. The molecule has 0 aliphatic rings. The lowest BCUT2D eigenvalue weighted by molar-refractivity contribution is -0.142. The maximum atomic E-state index is 11.9. The van der Waals surface area contributed by atoms with Crippen molar-refractivity contribution in [2.45, 2.75) is 26.8 Å². The highest BCUT2D eigenvalue weighted by Gasteiger charge is 2.32. The molecule has 0 saturated heterocycles. The van der Waals surface area contributed by atoms with Crippen molar-refractivity contribution in [2.24, 2.45) is 5.41 Å². The second-order valence-electron chi connectivity index (χ2n) is 5.16. The maximum absolute atomic E-state index is 11.9. The van der Waals surface area contributed by atoms with Crippen molar-refractivity contribution in [1.29, 1.82) is 0 Å². The zero-order valence-electron chi connectivity index (χ0n) is 10.6. The molecule has 3 N–H and O–H groups in total. The van der Waals surface area contributed by atoms with Gasteiger partial charge in [-0.1, -0.05) is 26.8 Å². The van der Waals surface area contributed by atoms with Crippen LogP contribution in [0, 0.1) is 5.41 Å². The SMILES string of the molecule is CC(C)(C)[C@H](NC(=O)c1cccc(O)c1)C(=O)O. The molecule has 1 aromatic rings. The molecule has 1 rings (SSSR count). The minimum atomic E-state index is -1.09. The van der Waals surface area contributed by atoms with Crippen LogP contribution in [0.4, 0.5) is 0 Å². The van der Waals surface area contributed by atoms with Gasteiger partial charge in [0.1, 0.15) is 11.8 Å². The standard InChI is InChI=1S/C13H17NO4/c1-13(2,3)10(12(17)18)14-11(16)8-5-4-6-9(15)7-8/h4-7,10,15H,1-3H3,(H,14,16)(H,17,18)/t10-/m1/s1. The Morgan fingerprint density at radius 3 is 2.33 bits per heavy atom. The molecule has 0 fully saturated rings. The third-order valence-electron chi connectivity index (χ3n) is 2.50. The Hall–Kier alpha value is -2.04. The van der Waals surface area contributed by atoms with Crippen LogP contribution in [0.15, 0.2) is 24.3 Å². The number of hydrogen-bond acceptors (Lipinski definition) is 3. The van der Waals surface area contributed by atoms with E-state index >= 15 is 0 Å². The molecule has 1 aromatic carbocycles. The fourth-order valence-corrected chi connectivity index (χ4v) is 1.51. The van der Waals surface area contributed by atoms with Crippen molar-refractivity contribution in [3.05, 3.63) is 29.8 Å².